The average molecular weight is 300 g/mol. The lowest BCUT2D eigenvalue weighted by molar-refractivity contribution is 0.826. The van der Waals surface area contributed by atoms with Crippen molar-refractivity contribution in [1.82, 2.24) is 15.2 Å². The van der Waals surface area contributed by atoms with Gasteiger partial charge in [-0.25, -0.2) is 4.98 Å². The molecule has 19 heavy (non-hydrogen) atoms. The predicted octanol–water partition coefficient (Wildman–Crippen LogP) is 4.45. The Bertz CT molecular complexity index is 430. The summed E-state index contributed by atoms with van der Waals surface area (Å²) in [6.45, 7) is 10.6. The largest absolute Gasteiger partial charge is 0.374 e. The van der Waals surface area contributed by atoms with Gasteiger partial charge in [-0.3, -0.25) is 0 Å². The Morgan fingerprint density at radius 2 is 1.58 bits per heavy atom. The normalized spacial score (nSPS) is 10.1. The summed E-state index contributed by atoms with van der Waals surface area (Å²) >= 11 is 3.24. The van der Waals surface area contributed by atoms with Crippen molar-refractivity contribution in [2.75, 3.05) is 5.73 Å². The van der Waals surface area contributed by atoms with E-state index in [0.29, 0.717) is 17.0 Å². The molecule has 108 valence electrons. The van der Waals surface area contributed by atoms with Crippen LogP contribution in [0.5, 0.6) is 0 Å². The molecule has 0 radical (unpaired) electrons. The Balaban J connectivity index is 0.000000324. The molecule has 0 aromatic carbocycles. The number of nitrogens with two attached hydrogens (primary N) is 1. The highest BCUT2D eigenvalue weighted by Gasteiger charge is 2.03. The molecule has 2 aromatic rings. The Kier molecular flexibility index (Phi) is 7.78. The molecular weight excluding hydrogens is 276 g/mol. The van der Waals surface area contributed by atoms with E-state index in [1.54, 1.807) is 11.3 Å². The van der Waals surface area contributed by atoms with Gasteiger partial charge in [0.2, 0.25) is 5.13 Å². The van der Waals surface area contributed by atoms with Crippen molar-refractivity contribution in [3.8, 4) is 0 Å². The quantitative estimate of drug-likeness (QED) is 0.889. The summed E-state index contributed by atoms with van der Waals surface area (Å²) in [5.74, 6) is 1.03. The van der Waals surface area contributed by atoms with Gasteiger partial charge in [0.15, 0.2) is 0 Å². The van der Waals surface area contributed by atoms with Crippen molar-refractivity contribution in [3.63, 3.8) is 0 Å². The van der Waals surface area contributed by atoms with Gasteiger partial charge in [0.05, 0.1) is 5.01 Å². The van der Waals surface area contributed by atoms with Gasteiger partial charge in [-0.2, -0.15) is 0 Å². The molecule has 0 amide bonds. The first-order valence-electron chi connectivity index (χ1n) is 5.91. The zero-order chi connectivity index (χ0) is 13.7. The number of rotatable bonds is 2. The number of aromatic nitrogens is 3. The van der Waals surface area contributed by atoms with E-state index in [4.69, 9.17) is 5.73 Å². The maximum absolute atomic E-state index is 5.36. The van der Waals surface area contributed by atoms with Gasteiger partial charge in [-0.1, -0.05) is 46.5 Å². The first-order chi connectivity index (χ1) is 8.40. The molecule has 0 unspecified atom stereocenters. The van der Waals surface area contributed by atoms with Gasteiger partial charge in [-0.15, -0.1) is 21.5 Å². The van der Waals surface area contributed by atoms with Crippen LogP contribution in [0.3, 0.4) is 0 Å². The van der Waals surface area contributed by atoms with Crippen LogP contribution >= 0.6 is 22.7 Å². The lowest BCUT2D eigenvalue weighted by atomic mass is 10.2. The summed E-state index contributed by atoms with van der Waals surface area (Å²) in [5.41, 5.74) is 5.36. The number of hydrogen-bond acceptors (Lipinski definition) is 6. The third kappa shape index (κ3) is 6.11. The first-order valence-corrected chi connectivity index (χ1v) is 7.54. The van der Waals surface area contributed by atoms with E-state index in [1.165, 1.54) is 21.2 Å². The van der Waals surface area contributed by atoms with Gasteiger partial charge in [0.25, 0.3) is 0 Å². The molecule has 2 rings (SSSR count). The molecule has 2 heterocycles. The fraction of sp³-hybridized carbons (Fsp3) is 0.615. The van der Waals surface area contributed by atoms with Gasteiger partial charge in [-0.05, 0) is 6.92 Å². The van der Waals surface area contributed by atoms with E-state index in [9.17, 15) is 0 Å². The third-order valence-corrected chi connectivity index (χ3v) is 4.35. The minimum Gasteiger partial charge on any atom is -0.374 e. The fourth-order valence-electron chi connectivity index (χ4n) is 1.12. The molecule has 0 aliphatic rings. The summed E-state index contributed by atoms with van der Waals surface area (Å²) < 4.78 is 0. The molecule has 0 saturated heterocycles. The van der Waals surface area contributed by atoms with Crippen LogP contribution in [-0.4, -0.2) is 15.2 Å². The van der Waals surface area contributed by atoms with Crippen LogP contribution in [0, 0.1) is 6.92 Å². The van der Waals surface area contributed by atoms with E-state index in [2.05, 4.69) is 49.8 Å². The monoisotopic (exact) mass is 300 g/mol. The lowest BCUT2D eigenvalue weighted by Crippen LogP contribution is -1.84. The van der Waals surface area contributed by atoms with E-state index >= 15 is 0 Å². The Morgan fingerprint density at radius 3 is 1.79 bits per heavy atom. The van der Waals surface area contributed by atoms with Gasteiger partial charge in [0.1, 0.15) is 5.01 Å². The maximum atomic E-state index is 5.36. The number of nitrogens with zero attached hydrogens (tertiary/aromatic N) is 3. The Morgan fingerprint density at radius 1 is 1.00 bits per heavy atom. The maximum Gasteiger partial charge on any atom is 0.203 e. The minimum absolute atomic E-state index is 0. The van der Waals surface area contributed by atoms with Crippen LogP contribution in [0.15, 0.2) is 6.20 Å². The van der Waals surface area contributed by atoms with E-state index < -0.39 is 0 Å². The van der Waals surface area contributed by atoms with Crippen LogP contribution in [0.1, 0.15) is 61.8 Å². The summed E-state index contributed by atoms with van der Waals surface area (Å²) in [6, 6.07) is 0. The fourth-order valence-corrected chi connectivity index (χ4v) is 2.51. The molecular formula is C13H24N4S2. The number of nitrogen functional groups attached to an aromatic ring is 1. The molecule has 0 spiro atoms. The molecule has 2 N–H and O–H groups in total. The standard InChI is InChI=1S/C7H11NS.C5H9N3S.CH4/c1-5(2)7-8-4-6(3)9-7;1-3(2)4-7-8-5(6)9-4;/h4-5H,1-3H3;3H,1-2H3,(H2,6,8);1H4. The molecule has 0 aliphatic heterocycles. The van der Waals surface area contributed by atoms with Gasteiger partial charge >= 0.3 is 0 Å². The zero-order valence-corrected chi connectivity index (χ0v) is 13.1. The molecule has 2 aromatic heterocycles. The third-order valence-electron chi connectivity index (χ3n) is 2.08. The second-order valence-corrected chi connectivity index (χ2v) is 6.90. The highest BCUT2D eigenvalue weighted by Crippen LogP contribution is 2.20. The summed E-state index contributed by atoms with van der Waals surface area (Å²) in [6.07, 6.45) is 1.93. The Hall–Kier alpha value is -1.01. The molecule has 6 heteroatoms. The number of hydrogen-bond donors (Lipinski definition) is 1. The van der Waals surface area contributed by atoms with Crippen molar-refractivity contribution >= 4 is 27.8 Å². The molecule has 0 atom stereocenters. The lowest BCUT2D eigenvalue weighted by Gasteiger charge is -1.94. The highest BCUT2D eigenvalue weighted by atomic mass is 32.1. The van der Waals surface area contributed by atoms with Crippen molar-refractivity contribution in [2.24, 2.45) is 0 Å². The van der Waals surface area contributed by atoms with Crippen LogP contribution in [0.25, 0.3) is 0 Å². The van der Waals surface area contributed by atoms with Gasteiger partial charge in [0, 0.05) is 22.9 Å². The molecule has 0 fully saturated rings. The second kappa shape index (κ2) is 8.22. The Labute approximate surface area is 124 Å². The second-order valence-electron chi connectivity index (χ2n) is 4.60. The van der Waals surface area contributed by atoms with Crippen LogP contribution < -0.4 is 5.73 Å². The molecule has 0 aliphatic carbocycles. The van der Waals surface area contributed by atoms with E-state index in [-0.39, 0.29) is 7.43 Å². The highest BCUT2D eigenvalue weighted by molar-refractivity contribution is 7.15. The van der Waals surface area contributed by atoms with Crippen LogP contribution in [0.2, 0.25) is 0 Å². The van der Waals surface area contributed by atoms with Crippen LogP contribution in [0.4, 0.5) is 5.13 Å². The summed E-state index contributed by atoms with van der Waals surface area (Å²) in [7, 11) is 0. The molecule has 0 saturated carbocycles. The number of aryl methyl sites for hydroxylation is 1. The summed E-state index contributed by atoms with van der Waals surface area (Å²) in [5, 5.41) is 10.3. The minimum atomic E-state index is 0. The zero-order valence-electron chi connectivity index (χ0n) is 11.5. The van der Waals surface area contributed by atoms with Crippen molar-refractivity contribution < 1.29 is 0 Å². The molecule has 4 nitrogen and oxygen atoms in total. The summed E-state index contributed by atoms with van der Waals surface area (Å²) in [4.78, 5) is 5.54. The van der Waals surface area contributed by atoms with Gasteiger partial charge < -0.3 is 5.73 Å². The number of anilines is 1. The van der Waals surface area contributed by atoms with Crippen molar-refractivity contribution in [2.45, 2.75) is 53.9 Å². The van der Waals surface area contributed by atoms with Crippen LogP contribution in [-0.2, 0) is 0 Å². The number of thiazole rings is 1. The average Bonchev–Trinajstić information content (AvgIpc) is 2.88. The smallest absolute Gasteiger partial charge is 0.203 e. The predicted molar refractivity (Wildman–Crippen MR) is 86.1 cm³/mol. The van der Waals surface area contributed by atoms with Crippen molar-refractivity contribution in [1.29, 1.82) is 0 Å². The first kappa shape index (κ1) is 18.0. The topological polar surface area (TPSA) is 64.7 Å². The molecule has 0 bridgehead atoms. The van der Waals surface area contributed by atoms with E-state index in [1.807, 2.05) is 6.20 Å². The SMILES string of the molecule is C.CC(C)c1nnc(N)s1.Cc1cnc(C(C)C)s1. The van der Waals surface area contributed by atoms with Crippen molar-refractivity contribution in [3.05, 3.63) is 21.1 Å². The van der Waals surface area contributed by atoms with E-state index in [0.717, 1.165) is 5.01 Å².